The summed E-state index contributed by atoms with van der Waals surface area (Å²) in [4.78, 5) is 0. The van der Waals surface area contributed by atoms with E-state index in [1.165, 1.54) is 12.1 Å². The number of rotatable bonds is 5. The molecule has 114 valence electrons. The highest BCUT2D eigenvalue weighted by molar-refractivity contribution is 9.10. The van der Waals surface area contributed by atoms with E-state index < -0.39 is 6.61 Å². The lowest BCUT2D eigenvalue weighted by Gasteiger charge is -2.15. The van der Waals surface area contributed by atoms with Crippen molar-refractivity contribution < 1.29 is 18.0 Å². The van der Waals surface area contributed by atoms with Crippen LogP contribution in [0.25, 0.3) is 0 Å². The number of benzene rings is 1. The van der Waals surface area contributed by atoms with Crippen LogP contribution in [0.15, 0.2) is 21.1 Å². The predicted octanol–water partition coefficient (Wildman–Crippen LogP) is 4.92. The van der Waals surface area contributed by atoms with Crippen LogP contribution in [0, 0.1) is 13.8 Å². The smallest absolute Gasteiger partial charge is 0.387 e. The van der Waals surface area contributed by atoms with Gasteiger partial charge >= 0.3 is 6.61 Å². The van der Waals surface area contributed by atoms with Crippen molar-refractivity contribution in [2.24, 2.45) is 0 Å². The van der Waals surface area contributed by atoms with Crippen LogP contribution in [-0.2, 0) is 6.54 Å². The van der Waals surface area contributed by atoms with Gasteiger partial charge in [0.05, 0.1) is 15.9 Å². The SMILES string of the molecule is Cc1noc(C)c1CNc1cc(Cl)cc(Br)c1OC(F)F. The number of aryl methyl sites for hydroxylation is 2. The minimum absolute atomic E-state index is 0.00107. The molecule has 21 heavy (non-hydrogen) atoms. The number of nitrogens with zero attached hydrogens (tertiary/aromatic N) is 1. The van der Waals surface area contributed by atoms with Gasteiger partial charge in [0.15, 0.2) is 5.75 Å². The molecule has 1 aromatic heterocycles. The summed E-state index contributed by atoms with van der Waals surface area (Å²) < 4.78 is 34.9. The zero-order chi connectivity index (χ0) is 15.6. The molecule has 0 atom stereocenters. The van der Waals surface area contributed by atoms with E-state index in [9.17, 15) is 8.78 Å². The zero-order valence-electron chi connectivity index (χ0n) is 11.2. The number of nitrogens with one attached hydrogen (secondary N) is 1. The topological polar surface area (TPSA) is 47.3 Å². The van der Waals surface area contributed by atoms with Crippen molar-refractivity contribution in [1.82, 2.24) is 5.16 Å². The molecule has 0 fully saturated rings. The Kier molecular flexibility index (Phi) is 5.05. The molecule has 0 bridgehead atoms. The summed E-state index contributed by atoms with van der Waals surface area (Å²) in [6, 6.07) is 3.00. The molecule has 0 unspecified atom stereocenters. The third kappa shape index (κ3) is 3.85. The zero-order valence-corrected chi connectivity index (χ0v) is 13.6. The second-order valence-corrected chi connectivity index (χ2v) is 5.59. The lowest BCUT2D eigenvalue weighted by Crippen LogP contribution is -2.08. The quantitative estimate of drug-likeness (QED) is 0.798. The molecule has 2 rings (SSSR count). The number of hydrogen-bond acceptors (Lipinski definition) is 4. The van der Waals surface area contributed by atoms with Crippen LogP contribution in [0.1, 0.15) is 17.0 Å². The van der Waals surface area contributed by atoms with E-state index in [1.54, 1.807) is 13.8 Å². The molecule has 0 radical (unpaired) electrons. The Hall–Kier alpha value is -1.34. The summed E-state index contributed by atoms with van der Waals surface area (Å²) in [7, 11) is 0. The summed E-state index contributed by atoms with van der Waals surface area (Å²) in [5.74, 6) is 0.665. The van der Waals surface area contributed by atoms with Gasteiger partial charge in [-0.1, -0.05) is 16.8 Å². The van der Waals surface area contributed by atoms with Gasteiger partial charge in [-0.25, -0.2) is 0 Å². The van der Waals surface area contributed by atoms with Crippen molar-refractivity contribution in [3.05, 3.63) is 38.6 Å². The minimum atomic E-state index is -2.93. The fraction of sp³-hybridized carbons (Fsp3) is 0.308. The highest BCUT2D eigenvalue weighted by Gasteiger charge is 2.16. The van der Waals surface area contributed by atoms with Crippen LogP contribution in [0.5, 0.6) is 5.75 Å². The number of halogens is 4. The standard InChI is InChI=1S/C13H12BrClF2N2O2/c1-6-9(7(2)21-19-6)5-18-11-4-8(15)3-10(14)12(11)20-13(16)17/h3-4,13,18H,5H2,1-2H3. The maximum absolute atomic E-state index is 12.5. The molecule has 1 N–H and O–H groups in total. The molecule has 0 saturated carbocycles. The first-order valence-corrected chi connectivity index (χ1v) is 7.15. The fourth-order valence-electron chi connectivity index (χ4n) is 1.84. The lowest BCUT2D eigenvalue weighted by molar-refractivity contribution is -0.0498. The molecular weight excluding hydrogens is 370 g/mol. The molecule has 0 aliphatic rings. The number of aromatic nitrogens is 1. The van der Waals surface area contributed by atoms with Gasteiger partial charge in [0.25, 0.3) is 0 Å². The summed E-state index contributed by atoms with van der Waals surface area (Å²) in [6.07, 6.45) is 0. The van der Waals surface area contributed by atoms with Gasteiger partial charge in [-0.05, 0) is 41.9 Å². The van der Waals surface area contributed by atoms with E-state index in [-0.39, 0.29) is 5.75 Å². The highest BCUT2D eigenvalue weighted by Crippen LogP contribution is 2.38. The van der Waals surface area contributed by atoms with Crippen molar-refractivity contribution in [3.8, 4) is 5.75 Å². The average molecular weight is 382 g/mol. The molecular formula is C13H12BrClF2N2O2. The largest absolute Gasteiger partial charge is 0.431 e. The van der Waals surface area contributed by atoms with E-state index in [0.29, 0.717) is 27.5 Å². The maximum Gasteiger partial charge on any atom is 0.387 e. The van der Waals surface area contributed by atoms with Gasteiger partial charge in [-0.3, -0.25) is 0 Å². The molecule has 0 aliphatic carbocycles. The number of ether oxygens (including phenoxy) is 1. The predicted molar refractivity (Wildman–Crippen MR) is 79.1 cm³/mol. The molecule has 8 heteroatoms. The van der Waals surface area contributed by atoms with E-state index in [2.05, 4.69) is 31.1 Å². The number of alkyl halides is 2. The molecule has 0 saturated heterocycles. The lowest BCUT2D eigenvalue weighted by atomic mass is 10.2. The van der Waals surface area contributed by atoms with E-state index in [1.807, 2.05) is 0 Å². The molecule has 1 aromatic carbocycles. The molecule has 0 spiro atoms. The Bertz CT molecular complexity index is 630. The van der Waals surface area contributed by atoms with Gasteiger partial charge in [-0.2, -0.15) is 8.78 Å². The van der Waals surface area contributed by atoms with Crippen molar-refractivity contribution >= 4 is 33.2 Å². The van der Waals surface area contributed by atoms with Crippen molar-refractivity contribution in [1.29, 1.82) is 0 Å². The Morgan fingerprint density at radius 2 is 2.14 bits per heavy atom. The Labute approximate surface area is 133 Å². The Balaban J connectivity index is 2.26. The third-order valence-electron chi connectivity index (χ3n) is 2.85. The first-order chi connectivity index (χ1) is 9.88. The number of hydrogen-bond donors (Lipinski definition) is 1. The van der Waals surface area contributed by atoms with Crippen LogP contribution in [-0.4, -0.2) is 11.8 Å². The fourth-order valence-corrected chi connectivity index (χ4v) is 2.74. The maximum atomic E-state index is 12.5. The molecule has 2 aromatic rings. The van der Waals surface area contributed by atoms with Crippen molar-refractivity contribution in [2.45, 2.75) is 27.0 Å². The molecule has 4 nitrogen and oxygen atoms in total. The van der Waals surface area contributed by atoms with Gasteiger partial charge in [0.2, 0.25) is 0 Å². The minimum Gasteiger partial charge on any atom is -0.431 e. The molecule has 1 heterocycles. The summed E-state index contributed by atoms with van der Waals surface area (Å²) in [5, 5.41) is 7.24. The second-order valence-electron chi connectivity index (χ2n) is 4.30. The van der Waals surface area contributed by atoms with Gasteiger partial charge < -0.3 is 14.6 Å². The monoisotopic (exact) mass is 380 g/mol. The van der Waals surface area contributed by atoms with Crippen LogP contribution >= 0.6 is 27.5 Å². The van der Waals surface area contributed by atoms with Crippen molar-refractivity contribution in [2.75, 3.05) is 5.32 Å². The van der Waals surface area contributed by atoms with Crippen LogP contribution in [0.2, 0.25) is 5.02 Å². The molecule has 0 aliphatic heterocycles. The third-order valence-corrected chi connectivity index (χ3v) is 3.66. The van der Waals surface area contributed by atoms with Gasteiger partial charge in [0.1, 0.15) is 5.76 Å². The van der Waals surface area contributed by atoms with E-state index in [0.717, 1.165) is 11.3 Å². The summed E-state index contributed by atoms with van der Waals surface area (Å²) >= 11 is 9.10. The van der Waals surface area contributed by atoms with Gasteiger partial charge in [0, 0.05) is 17.1 Å². The van der Waals surface area contributed by atoms with Crippen molar-refractivity contribution in [3.63, 3.8) is 0 Å². The van der Waals surface area contributed by atoms with E-state index in [4.69, 9.17) is 16.1 Å². The van der Waals surface area contributed by atoms with Crippen LogP contribution in [0.3, 0.4) is 0 Å². The summed E-state index contributed by atoms with van der Waals surface area (Å²) in [6.45, 7) is 1.01. The van der Waals surface area contributed by atoms with Gasteiger partial charge in [-0.15, -0.1) is 0 Å². The highest BCUT2D eigenvalue weighted by atomic mass is 79.9. The van der Waals surface area contributed by atoms with Crippen LogP contribution in [0.4, 0.5) is 14.5 Å². The number of anilines is 1. The van der Waals surface area contributed by atoms with E-state index >= 15 is 0 Å². The normalized spacial score (nSPS) is 11.0. The average Bonchev–Trinajstić information content (AvgIpc) is 2.70. The Morgan fingerprint density at radius 3 is 2.71 bits per heavy atom. The van der Waals surface area contributed by atoms with Crippen LogP contribution < -0.4 is 10.1 Å². The molecule has 0 amide bonds. The first-order valence-electron chi connectivity index (χ1n) is 5.98. The summed E-state index contributed by atoms with van der Waals surface area (Å²) in [5.41, 5.74) is 1.95. The Morgan fingerprint density at radius 1 is 1.43 bits per heavy atom. The second kappa shape index (κ2) is 6.62. The first kappa shape index (κ1) is 16.0.